The second kappa shape index (κ2) is 7.40. The van der Waals surface area contributed by atoms with Crippen LogP contribution in [0, 0.1) is 10.1 Å². The minimum Gasteiger partial charge on any atom is -0.423 e. The summed E-state index contributed by atoms with van der Waals surface area (Å²) in [5, 5.41) is 10.8. The molecule has 0 aromatic heterocycles. The van der Waals surface area contributed by atoms with Gasteiger partial charge >= 0.3 is 5.97 Å². The number of fused-ring (bicyclic) bond motifs is 1. The van der Waals surface area contributed by atoms with Crippen LogP contribution in [0.5, 0.6) is 5.75 Å². The first kappa shape index (κ1) is 17.2. The second-order valence-electron chi connectivity index (χ2n) is 5.12. The highest BCUT2D eigenvalue weighted by atomic mass is 16.6. The highest BCUT2D eigenvalue weighted by Gasteiger charge is 2.28. The molecule has 1 aliphatic rings. The lowest BCUT2D eigenvalue weighted by Gasteiger charge is -2.31. The van der Waals surface area contributed by atoms with E-state index in [4.69, 9.17) is 4.74 Å². The molecule has 1 aliphatic heterocycles. The molecule has 1 aromatic rings. The van der Waals surface area contributed by atoms with Gasteiger partial charge in [0, 0.05) is 19.2 Å². The fraction of sp³-hybridized carbons (Fsp3) is 0.250. The molecule has 8 nitrogen and oxygen atoms in total. The summed E-state index contributed by atoms with van der Waals surface area (Å²) in [5.41, 5.74) is 0.278. The number of nitro groups is 1. The molecule has 1 amide bonds. The Hall–Kier alpha value is -3.16. The lowest BCUT2D eigenvalue weighted by molar-refractivity contribution is -0.384. The van der Waals surface area contributed by atoms with Crippen LogP contribution in [0.2, 0.25) is 0 Å². The van der Waals surface area contributed by atoms with E-state index in [2.05, 4.69) is 13.2 Å². The van der Waals surface area contributed by atoms with Crippen molar-refractivity contribution < 1.29 is 19.2 Å². The van der Waals surface area contributed by atoms with Crippen molar-refractivity contribution in [3.05, 3.63) is 53.6 Å². The van der Waals surface area contributed by atoms with Gasteiger partial charge in [0.15, 0.2) is 5.75 Å². The molecule has 0 atom stereocenters. The van der Waals surface area contributed by atoms with E-state index >= 15 is 0 Å². The Balaban J connectivity index is 2.24. The Morgan fingerprint density at radius 3 is 2.62 bits per heavy atom. The summed E-state index contributed by atoms with van der Waals surface area (Å²) < 4.78 is 5.05. The van der Waals surface area contributed by atoms with Gasteiger partial charge in [0.05, 0.1) is 23.2 Å². The number of nitro benzene ring substituents is 1. The Morgan fingerprint density at radius 2 is 2.04 bits per heavy atom. The molecule has 0 N–H and O–H groups in total. The molecule has 0 saturated carbocycles. The maximum absolute atomic E-state index is 12.4. The van der Waals surface area contributed by atoms with Crippen molar-refractivity contribution in [2.24, 2.45) is 0 Å². The summed E-state index contributed by atoms with van der Waals surface area (Å²) in [6, 6.07) is 3.95. The standard InChI is InChI=1S/C16H17N3O5/c1-3-7-17(8-4-2)15(20)10-18-11-16(21)24-14-9-12(19(22)23)5-6-13(14)18/h3-6,9H,1-2,7-8,10-11H2. The summed E-state index contributed by atoms with van der Waals surface area (Å²) in [6.07, 6.45) is 3.20. The maximum Gasteiger partial charge on any atom is 0.331 e. The van der Waals surface area contributed by atoms with Crippen LogP contribution in [0.25, 0.3) is 0 Å². The van der Waals surface area contributed by atoms with Gasteiger partial charge in [-0.25, -0.2) is 4.79 Å². The number of rotatable bonds is 7. The number of amides is 1. The third kappa shape index (κ3) is 3.78. The average molecular weight is 331 g/mol. The third-order valence-corrected chi connectivity index (χ3v) is 3.42. The van der Waals surface area contributed by atoms with Gasteiger partial charge in [-0.1, -0.05) is 12.2 Å². The average Bonchev–Trinajstić information content (AvgIpc) is 2.53. The van der Waals surface area contributed by atoms with Crippen LogP contribution in [-0.2, 0) is 9.59 Å². The Labute approximate surface area is 138 Å². The van der Waals surface area contributed by atoms with E-state index in [0.717, 1.165) is 0 Å². The van der Waals surface area contributed by atoms with Gasteiger partial charge in [0.2, 0.25) is 5.91 Å². The van der Waals surface area contributed by atoms with E-state index in [0.29, 0.717) is 18.8 Å². The van der Waals surface area contributed by atoms with E-state index in [-0.39, 0.29) is 30.4 Å². The summed E-state index contributed by atoms with van der Waals surface area (Å²) >= 11 is 0. The molecule has 1 heterocycles. The van der Waals surface area contributed by atoms with Gasteiger partial charge in [-0.15, -0.1) is 13.2 Å². The Morgan fingerprint density at radius 1 is 1.38 bits per heavy atom. The maximum atomic E-state index is 12.4. The van der Waals surface area contributed by atoms with Gasteiger partial charge in [-0.05, 0) is 6.07 Å². The molecule has 0 fully saturated rings. The number of carbonyl (C=O) groups is 2. The van der Waals surface area contributed by atoms with Gasteiger partial charge in [0.1, 0.15) is 6.54 Å². The predicted octanol–water partition coefficient (Wildman–Crippen LogP) is 1.52. The van der Waals surface area contributed by atoms with Crippen LogP contribution in [-0.4, -0.2) is 47.9 Å². The first-order chi connectivity index (χ1) is 11.5. The molecule has 24 heavy (non-hydrogen) atoms. The van der Waals surface area contributed by atoms with Crippen LogP contribution in [0.3, 0.4) is 0 Å². The van der Waals surface area contributed by atoms with Crippen molar-refractivity contribution in [3.8, 4) is 5.75 Å². The summed E-state index contributed by atoms with van der Waals surface area (Å²) in [6.45, 7) is 7.77. The summed E-state index contributed by atoms with van der Waals surface area (Å²) in [4.78, 5) is 37.5. The Kier molecular flexibility index (Phi) is 5.31. The van der Waals surface area contributed by atoms with Gasteiger partial charge in [0.25, 0.3) is 5.69 Å². The number of benzene rings is 1. The molecule has 0 bridgehead atoms. The third-order valence-electron chi connectivity index (χ3n) is 3.42. The van der Waals surface area contributed by atoms with E-state index in [1.807, 2.05) is 0 Å². The number of nitrogens with zero attached hydrogens (tertiary/aromatic N) is 3. The Bertz CT molecular complexity index is 691. The zero-order chi connectivity index (χ0) is 17.7. The lowest BCUT2D eigenvalue weighted by atomic mass is 10.2. The lowest BCUT2D eigenvalue weighted by Crippen LogP contribution is -2.45. The highest BCUT2D eigenvalue weighted by Crippen LogP contribution is 2.35. The van der Waals surface area contributed by atoms with Crippen molar-refractivity contribution >= 4 is 23.3 Å². The number of esters is 1. The minimum atomic E-state index is -0.575. The highest BCUT2D eigenvalue weighted by molar-refractivity contribution is 5.89. The predicted molar refractivity (Wildman–Crippen MR) is 87.9 cm³/mol. The SMILES string of the molecule is C=CCN(CC=C)C(=O)CN1CC(=O)Oc2cc([N+](=O)[O-])ccc21. The van der Waals surface area contributed by atoms with Crippen LogP contribution in [0.4, 0.5) is 11.4 Å². The normalized spacial score (nSPS) is 12.8. The molecule has 0 spiro atoms. The van der Waals surface area contributed by atoms with Gasteiger partial charge in [-0.2, -0.15) is 0 Å². The smallest absolute Gasteiger partial charge is 0.331 e. The van der Waals surface area contributed by atoms with Crippen LogP contribution >= 0.6 is 0 Å². The molecule has 1 aromatic carbocycles. The zero-order valence-corrected chi connectivity index (χ0v) is 13.0. The number of ether oxygens (including phenoxy) is 1. The fourth-order valence-electron chi connectivity index (χ4n) is 2.35. The molecule has 8 heteroatoms. The molecule has 126 valence electrons. The molecule has 0 unspecified atom stereocenters. The van der Waals surface area contributed by atoms with Crippen molar-refractivity contribution in [3.63, 3.8) is 0 Å². The van der Waals surface area contributed by atoms with Crippen LogP contribution < -0.4 is 9.64 Å². The number of carbonyl (C=O) groups excluding carboxylic acids is 2. The molecule has 2 rings (SSSR count). The topological polar surface area (TPSA) is 93.0 Å². The van der Waals surface area contributed by atoms with Crippen molar-refractivity contribution in [2.75, 3.05) is 31.1 Å². The molecule has 0 aliphatic carbocycles. The number of anilines is 1. The quantitative estimate of drug-likeness (QED) is 0.247. The van der Waals surface area contributed by atoms with Crippen molar-refractivity contribution in [1.29, 1.82) is 0 Å². The monoisotopic (exact) mass is 331 g/mol. The van der Waals surface area contributed by atoms with Crippen LogP contribution in [0.15, 0.2) is 43.5 Å². The van der Waals surface area contributed by atoms with E-state index in [9.17, 15) is 19.7 Å². The van der Waals surface area contributed by atoms with Crippen molar-refractivity contribution in [1.82, 2.24) is 4.90 Å². The van der Waals surface area contributed by atoms with E-state index in [1.165, 1.54) is 28.0 Å². The van der Waals surface area contributed by atoms with E-state index < -0.39 is 10.9 Å². The number of non-ortho nitro benzene ring substituents is 1. The van der Waals surface area contributed by atoms with Gasteiger partial charge in [-0.3, -0.25) is 14.9 Å². The molecule has 0 saturated heterocycles. The molecule has 0 radical (unpaired) electrons. The number of hydrogen-bond donors (Lipinski definition) is 0. The van der Waals surface area contributed by atoms with Crippen molar-refractivity contribution in [2.45, 2.75) is 0 Å². The summed E-state index contributed by atoms with van der Waals surface area (Å²) in [5.74, 6) is -0.712. The first-order valence-corrected chi connectivity index (χ1v) is 7.20. The second-order valence-corrected chi connectivity index (χ2v) is 5.12. The largest absolute Gasteiger partial charge is 0.423 e. The number of hydrogen-bond acceptors (Lipinski definition) is 6. The fourth-order valence-corrected chi connectivity index (χ4v) is 2.35. The molecular weight excluding hydrogens is 314 g/mol. The zero-order valence-electron chi connectivity index (χ0n) is 13.0. The van der Waals surface area contributed by atoms with Crippen LogP contribution in [0.1, 0.15) is 0 Å². The molecular formula is C16H17N3O5. The minimum absolute atomic E-state index is 0.0540. The van der Waals surface area contributed by atoms with E-state index in [1.54, 1.807) is 12.2 Å². The summed E-state index contributed by atoms with van der Waals surface area (Å²) in [7, 11) is 0. The first-order valence-electron chi connectivity index (χ1n) is 7.20. The van der Waals surface area contributed by atoms with Gasteiger partial charge < -0.3 is 14.5 Å².